The topological polar surface area (TPSA) is 113 Å². The average molecular weight is 584 g/mol. The smallest absolute Gasteiger partial charge is 0.338 e. The monoisotopic (exact) mass is 583 g/mol. The molecule has 3 heterocycles. The molecule has 2 atom stereocenters. The molecule has 4 amide bonds. The number of rotatable bonds is 7. The predicted molar refractivity (Wildman–Crippen MR) is 148 cm³/mol. The highest BCUT2D eigenvalue weighted by atomic mass is 19.2. The summed E-state index contributed by atoms with van der Waals surface area (Å²) in [4.78, 5) is 47.6. The minimum Gasteiger partial charge on any atom is -0.466 e. The maximum atomic E-state index is 14.3. The summed E-state index contributed by atoms with van der Waals surface area (Å²) in [5, 5.41) is 5.47. The van der Waals surface area contributed by atoms with Crippen LogP contribution >= 0.6 is 0 Å². The Morgan fingerprint density at radius 2 is 1.86 bits per heavy atom. The number of aromatic nitrogens is 1. The number of methoxy groups -OCH3 is 2. The number of amides is 4. The summed E-state index contributed by atoms with van der Waals surface area (Å²) in [6, 6.07) is 6.20. The van der Waals surface area contributed by atoms with Gasteiger partial charge in [-0.05, 0) is 61.9 Å². The van der Waals surface area contributed by atoms with E-state index in [0.29, 0.717) is 24.9 Å². The van der Waals surface area contributed by atoms with E-state index < -0.39 is 35.7 Å². The Morgan fingerprint density at radius 3 is 2.52 bits per heavy atom. The van der Waals surface area contributed by atoms with E-state index in [-0.39, 0.29) is 29.5 Å². The van der Waals surface area contributed by atoms with Gasteiger partial charge in [0.25, 0.3) is 0 Å². The zero-order valence-corrected chi connectivity index (χ0v) is 23.6. The number of likely N-dealkylation sites (tertiary alicyclic amines) is 1. The zero-order valence-electron chi connectivity index (χ0n) is 23.6. The lowest BCUT2D eigenvalue weighted by molar-refractivity contribution is -0.137. The number of nitrogens with one attached hydrogen (secondary N) is 2. The molecule has 12 heteroatoms. The van der Waals surface area contributed by atoms with Gasteiger partial charge >= 0.3 is 18.0 Å². The Balaban J connectivity index is 1.31. The molecule has 1 aliphatic carbocycles. The highest BCUT2D eigenvalue weighted by Crippen LogP contribution is 2.37. The van der Waals surface area contributed by atoms with Crippen LogP contribution in [0.3, 0.4) is 0 Å². The van der Waals surface area contributed by atoms with Crippen molar-refractivity contribution >= 4 is 18.0 Å². The normalized spacial score (nSPS) is 24.9. The van der Waals surface area contributed by atoms with Gasteiger partial charge in [-0.1, -0.05) is 12.1 Å². The number of ether oxygens (including phenoxy) is 2. The van der Waals surface area contributed by atoms with Crippen LogP contribution in [0.2, 0.25) is 0 Å². The first kappa shape index (κ1) is 29.6. The molecule has 1 unspecified atom stereocenters. The van der Waals surface area contributed by atoms with Crippen molar-refractivity contribution in [1.29, 1.82) is 0 Å². The van der Waals surface area contributed by atoms with Crippen LogP contribution in [0.4, 0.5) is 18.4 Å². The van der Waals surface area contributed by atoms with Gasteiger partial charge in [0, 0.05) is 50.1 Å². The van der Waals surface area contributed by atoms with Crippen molar-refractivity contribution in [2.75, 3.05) is 33.9 Å². The third-order valence-corrected chi connectivity index (χ3v) is 8.37. The van der Waals surface area contributed by atoms with Crippen molar-refractivity contribution in [2.24, 2.45) is 0 Å². The number of hydrogen-bond acceptors (Lipinski definition) is 7. The van der Waals surface area contributed by atoms with Gasteiger partial charge in [-0.15, -0.1) is 0 Å². The van der Waals surface area contributed by atoms with Crippen molar-refractivity contribution in [3.05, 3.63) is 76.8 Å². The molecule has 1 aromatic heterocycles. The SMILES string of the molecule is COCC1=C(C(=O)OC)C(c2ccc(F)c(F)c2)N(C(=O)N[C@@H]2CCN(C3CCC(c4ccccn4)CC3)C2)C(=O)N1. The van der Waals surface area contributed by atoms with E-state index >= 15 is 0 Å². The summed E-state index contributed by atoms with van der Waals surface area (Å²) >= 11 is 0. The third kappa shape index (κ3) is 6.14. The molecule has 2 N–H and O–H groups in total. The Hall–Kier alpha value is -3.90. The number of nitrogens with zero attached hydrogens (tertiary/aromatic N) is 3. The predicted octanol–water partition coefficient (Wildman–Crippen LogP) is 4.01. The molecule has 42 heavy (non-hydrogen) atoms. The maximum absolute atomic E-state index is 14.3. The molecular formula is C30H35F2N5O5. The molecule has 2 aromatic rings. The molecule has 5 rings (SSSR count). The second kappa shape index (κ2) is 13.0. The number of carbonyl (C=O) groups excluding carboxylic acids is 3. The van der Waals surface area contributed by atoms with Gasteiger partial charge in [0.15, 0.2) is 11.6 Å². The summed E-state index contributed by atoms with van der Waals surface area (Å²) in [7, 11) is 2.52. The molecule has 1 saturated carbocycles. The lowest BCUT2D eigenvalue weighted by atomic mass is 9.83. The Morgan fingerprint density at radius 1 is 1.07 bits per heavy atom. The molecule has 2 fully saturated rings. The molecule has 3 aliphatic rings. The van der Waals surface area contributed by atoms with E-state index in [2.05, 4.69) is 26.6 Å². The number of imide groups is 1. The van der Waals surface area contributed by atoms with Gasteiger partial charge in [0.1, 0.15) is 6.04 Å². The fraction of sp³-hybridized carbons (Fsp3) is 0.467. The maximum Gasteiger partial charge on any atom is 0.338 e. The largest absolute Gasteiger partial charge is 0.466 e. The molecule has 1 saturated heterocycles. The van der Waals surface area contributed by atoms with E-state index in [1.54, 1.807) is 0 Å². The standard InChI is InChI=1S/C30H35F2N5O5/c1-41-17-25-26(28(38)42-2)27(19-8-11-22(31)23(32)15-19)37(30(40)35-25)29(39)34-20-12-14-36(16-20)21-9-6-18(7-10-21)24-5-3-4-13-33-24/h3-5,8,11,13,15,18,20-21,27H,6-7,9-10,12,14,16-17H2,1-2H3,(H,34,39)(H,35,40)/t18?,20-,21?,27?/m1/s1. The molecule has 0 bridgehead atoms. The van der Waals surface area contributed by atoms with Crippen LogP contribution in [0.15, 0.2) is 53.9 Å². The minimum absolute atomic E-state index is 0.0330. The molecule has 10 nitrogen and oxygen atoms in total. The first-order valence-corrected chi connectivity index (χ1v) is 14.1. The van der Waals surface area contributed by atoms with Crippen LogP contribution in [-0.2, 0) is 14.3 Å². The first-order valence-electron chi connectivity index (χ1n) is 14.1. The summed E-state index contributed by atoms with van der Waals surface area (Å²) in [6.45, 7) is 1.24. The lowest BCUT2D eigenvalue weighted by Crippen LogP contribution is -2.56. The molecule has 1 aromatic carbocycles. The summed E-state index contributed by atoms with van der Waals surface area (Å²) in [6.07, 6.45) is 6.68. The molecule has 224 valence electrons. The highest BCUT2D eigenvalue weighted by molar-refractivity contribution is 6.01. The van der Waals surface area contributed by atoms with E-state index in [9.17, 15) is 23.2 Å². The quantitative estimate of drug-likeness (QED) is 0.474. The van der Waals surface area contributed by atoms with Crippen LogP contribution in [0.25, 0.3) is 0 Å². The number of carbonyl (C=O) groups is 3. The van der Waals surface area contributed by atoms with E-state index in [1.165, 1.54) is 13.2 Å². The van der Waals surface area contributed by atoms with Gasteiger partial charge in [0.05, 0.1) is 25.0 Å². The molecule has 2 aliphatic heterocycles. The summed E-state index contributed by atoms with van der Waals surface area (Å²) < 4.78 is 38.2. The van der Waals surface area contributed by atoms with Gasteiger partial charge in [-0.25, -0.2) is 28.1 Å². The number of pyridine rings is 1. The second-order valence-corrected chi connectivity index (χ2v) is 10.9. The number of urea groups is 2. The zero-order chi connectivity index (χ0) is 29.8. The van der Waals surface area contributed by atoms with E-state index in [4.69, 9.17) is 9.47 Å². The molecule has 0 spiro atoms. The van der Waals surface area contributed by atoms with Crippen LogP contribution in [0.1, 0.15) is 55.3 Å². The fourth-order valence-corrected chi connectivity index (χ4v) is 6.31. The number of benzene rings is 1. The van der Waals surface area contributed by atoms with Gasteiger partial charge < -0.3 is 20.1 Å². The molecular weight excluding hydrogens is 548 g/mol. The van der Waals surface area contributed by atoms with Crippen molar-refractivity contribution in [3.63, 3.8) is 0 Å². The van der Waals surface area contributed by atoms with Crippen LogP contribution in [0, 0.1) is 11.6 Å². The second-order valence-electron chi connectivity index (χ2n) is 10.9. The van der Waals surface area contributed by atoms with Gasteiger partial charge in [-0.2, -0.15) is 0 Å². The van der Waals surface area contributed by atoms with Gasteiger partial charge in [-0.3, -0.25) is 9.88 Å². The number of esters is 1. The fourth-order valence-electron chi connectivity index (χ4n) is 6.31. The van der Waals surface area contributed by atoms with Crippen LogP contribution in [-0.4, -0.2) is 78.8 Å². The molecule has 0 radical (unpaired) electrons. The third-order valence-electron chi connectivity index (χ3n) is 8.37. The van der Waals surface area contributed by atoms with Crippen LogP contribution < -0.4 is 10.6 Å². The summed E-state index contributed by atoms with van der Waals surface area (Å²) in [5.74, 6) is -2.68. The van der Waals surface area contributed by atoms with Crippen molar-refractivity contribution in [1.82, 2.24) is 25.4 Å². The van der Waals surface area contributed by atoms with Gasteiger partial charge in [0.2, 0.25) is 0 Å². The summed E-state index contributed by atoms with van der Waals surface area (Å²) in [5.41, 5.74) is 1.12. The highest BCUT2D eigenvalue weighted by Gasteiger charge is 2.44. The average Bonchev–Trinajstić information content (AvgIpc) is 3.47. The Labute approximate surface area is 243 Å². The van der Waals surface area contributed by atoms with E-state index in [0.717, 1.165) is 62.1 Å². The van der Waals surface area contributed by atoms with Crippen molar-refractivity contribution in [2.45, 2.75) is 56.1 Å². The Bertz CT molecular complexity index is 1350. The van der Waals surface area contributed by atoms with E-state index in [1.807, 2.05) is 18.3 Å². The van der Waals surface area contributed by atoms with Crippen LogP contribution in [0.5, 0.6) is 0 Å². The lowest BCUT2D eigenvalue weighted by Gasteiger charge is -2.37. The van der Waals surface area contributed by atoms with Crippen molar-refractivity contribution in [3.8, 4) is 0 Å². The Kier molecular flexibility index (Phi) is 9.12. The first-order chi connectivity index (χ1) is 20.3. The number of halogens is 2. The minimum atomic E-state index is -1.37. The number of hydrogen-bond donors (Lipinski definition) is 2. The van der Waals surface area contributed by atoms with Crippen molar-refractivity contribution < 1.29 is 32.6 Å².